The van der Waals surface area contributed by atoms with Gasteiger partial charge in [-0.15, -0.1) is 11.3 Å². The van der Waals surface area contributed by atoms with E-state index in [0.29, 0.717) is 10.6 Å². The number of carbonyl (C=O) groups excluding carboxylic acids is 2. The number of thiophene rings is 1. The molecule has 0 aliphatic heterocycles. The van der Waals surface area contributed by atoms with Crippen LogP contribution in [0.3, 0.4) is 0 Å². The van der Waals surface area contributed by atoms with Crippen LogP contribution >= 0.6 is 22.9 Å². The summed E-state index contributed by atoms with van der Waals surface area (Å²) >= 11 is 7.24. The lowest BCUT2D eigenvalue weighted by Crippen LogP contribution is -2.41. The van der Waals surface area contributed by atoms with Gasteiger partial charge in [0.05, 0.1) is 26.8 Å². The minimum atomic E-state index is -4.60. The zero-order valence-electron chi connectivity index (χ0n) is 16.6. The first-order chi connectivity index (χ1) is 15.7. The molecule has 2 amide bonds. The van der Waals surface area contributed by atoms with E-state index >= 15 is 0 Å². The number of benzene rings is 2. The Labute approximate surface area is 194 Å². The van der Waals surface area contributed by atoms with Gasteiger partial charge in [0.15, 0.2) is 5.69 Å². The molecule has 0 bridgehead atoms. The fourth-order valence-corrected chi connectivity index (χ4v) is 3.92. The average Bonchev–Trinajstić information content (AvgIpc) is 3.47. The van der Waals surface area contributed by atoms with E-state index < -0.39 is 23.7 Å². The second-order valence-corrected chi connectivity index (χ2v) is 8.09. The van der Waals surface area contributed by atoms with Crippen molar-refractivity contribution in [2.24, 2.45) is 0 Å². The maximum Gasteiger partial charge on any atom is 0.435 e. The molecule has 11 heteroatoms. The number of alkyl halides is 3. The van der Waals surface area contributed by atoms with Gasteiger partial charge >= 0.3 is 6.18 Å². The maximum absolute atomic E-state index is 13.2. The maximum atomic E-state index is 13.2. The lowest BCUT2D eigenvalue weighted by molar-refractivity contribution is -0.141. The summed E-state index contributed by atoms with van der Waals surface area (Å²) < 4.78 is 40.9. The first-order valence-corrected chi connectivity index (χ1v) is 10.7. The molecular weight excluding hydrogens is 477 g/mol. The Morgan fingerprint density at radius 1 is 0.939 bits per heavy atom. The molecule has 0 fully saturated rings. The largest absolute Gasteiger partial charge is 0.435 e. The van der Waals surface area contributed by atoms with Gasteiger partial charge in [0.2, 0.25) is 0 Å². The molecule has 0 saturated heterocycles. The standard InChI is InChI=1S/C22H14ClF3N4O2S/c23-16-5-2-1-4-15(16)21(32)28-27-20(31)13-7-9-14(10-8-13)30-17(18-6-3-11-33-18)12-19(29-30)22(24,25)26/h1-12H,(H,27,31)(H,28,32). The third-order valence-corrected chi connectivity index (χ3v) is 5.78. The van der Waals surface area contributed by atoms with Crippen LogP contribution < -0.4 is 10.9 Å². The van der Waals surface area contributed by atoms with Gasteiger partial charge < -0.3 is 0 Å². The summed E-state index contributed by atoms with van der Waals surface area (Å²) in [6, 6.07) is 16.5. The molecule has 2 aromatic heterocycles. The summed E-state index contributed by atoms with van der Waals surface area (Å²) in [6.07, 6.45) is -4.60. The molecule has 4 rings (SSSR count). The van der Waals surface area contributed by atoms with Crippen LogP contribution in [0.15, 0.2) is 72.1 Å². The van der Waals surface area contributed by atoms with Crippen molar-refractivity contribution in [3.05, 3.63) is 94.0 Å². The highest BCUT2D eigenvalue weighted by Crippen LogP contribution is 2.34. The van der Waals surface area contributed by atoms with Crippen molar-refractivity contribution in [3.8, 4) is 16.3 Å². The highest BCUT2D eigenvalue weighted by Gasteiger charge is 2.35. The SMILES string of the molecule is O=C(NNC(=O)c1ccccc1Cl)c1ccc(-n2nc(C(F)(F)F)cc2-c2cccs2)cc1. The summed E-state index contributed by atoms with van der Waals surface area (Å²) in [5.41, 5.74) is 4.51. The van der Waals surface area contributed by atoms with Crippen molar-refractivity contribution < 1.29 is 22.8 Å². The predicted octanol–water partition coefficient (Wildman–Crippen LogP) is 5.35. The number of nitrogens with zero attached hydrogens (tertiary/aromatic N) is 2. The van der Waals surface area contributed by atoms with Gasteiger partial charge in [0, 0.05) is 5.56 Å². The Balaban J connectivity index is 1.53. The highest BCUT2D eigenvalue weighted by molar-refractivity contribution is 7.13. The van der Waals surface area contributed by atoms with Crippen molar-refractivity contribution in [2.75, 3.05) is 0 Å². The van der Waals surface area contributed by atoms with Crippen molar-refractivity contribution in [3.63, 3.8) is 0 Å². The lowest BCUT2D eigenvalue weighted by atomic mass is 10.2. The molecule has 0 aliphatic rings. The van der Waals surface area contributed by atoms with Gasteiger partial charge in [-0.25, -0.2) is 4.68 Å². The van der Waals surface area contributed by atoms with Crippen LogP contribution in [0.2, 0.25) is 5.02 Å². The van der Waals surface area contributed by atoms with E-state index in [4.69, 9.17) is 11.6 Å². The summed E-state index contributed by atoms with van der Waals surface area (Å²) in [6.45, 7) is 0. The number of hydrogen-bond acceptors (Lipinski definition) is 4. The molecule has 4 aromatic rings. The van der Waals surface area contributed by atoms with Crippen molar-refractivity contribution in [2.45, 2.75) is 6.18 Å². The molecule has 6 nitrogen and oxygen atoms in total. The van der Waals surface area contributed by atoms with Crippen molar-refractivity contribution in [1.29, 1.82) is 0 Å². The molecule has 2 heterocycles. The van der Waals surface area contributed by atoms with Gasteiger partial charge in [-0.1, -0.05) is 29.8 Å². The van der Waals surface area contributed by atoms with Crippen LogP contribution in [0.1, 0.15) is 26.4 Å². The van der Waals surface area contributed by atoms with Gasteiger partial charge in [-0.2, -0.15) is 18.3 Å². The lowest BCUT2D eigenvalue weighted by Gasteiger charge is -2.10. The number of hydrogen-bond donors (Lipinski definition) is 2. The minimum absolute atomic E-state index is 0.180. The van der Waals surface area contributed by atoms with E-state index in [-0.39, 0.29) is 21.8 Å². The second-order valence-electron chi connectivity index (χ2n) is 6.74. The zero-order chi connectivity index (χ0) is 23.6. The van der Waals surface area contributed by atoms with E-state index in [9.17, 15) is 22.8 Å². The topological polar surface area (TPSA) is 76.0 Å². The van der Waals surface area contributed by atoms with Gasteiger partial charge in [0.1, 0.15) is 0 Å². The third kappa shape index (κ3) is 4.91. The predicted molar refractivity (Wildman–Crippen MR) is 118 cm³/mol. The van der Waals surface area contributed by atoms with Crippen LogP contribution in [0.4, 0.5) is 13.2 Å². The fourth-order valence-electron chi connectivity index (χ4n) is 2.97. The van der Waals surface area contributed by atoms with E-state index in [1.165, 1.54) is 46.4 Å². The van der Waals surface area contributed by atoms with E-state index in [1.807, 2.05) is 0 Å². The molecule has 0 aliphatic carbocycles. The highest BCUT2D eigenvalue weighted by atomic mass is 35.5. The van der Waals surface area contributed by atoms with Gasteiger partial charge in [-0.05, 0) is 53.9 Å². The Morgan fingerprint density at radius 2 is 1.64 bits per heavy atom. The van der Waals surface area contributed by atoms with Crippen LogP contribution in [0, 0.1) is 0 Å². The molecule has 0 spiro atoms. The second kappa shape index (κ2) is 9.08. The number of aromatic nitrogens is 2. The molecule has 0 radical (unpaired) electrons. The molecule has 33 heavy (non-hydrogen) atoms. The number of rotatable bonds is 4. The summed E-state index contributed by atoms with van der Waals surface area (Å²) in [7, 11) is 0. The first kappa shape index (κ1) is 22.6. The van der Waals surface area contributed by atoms with Crippen LogP contribution in [0.5, 0.6) is 0 Å². The average molecular weight is 491 g/mol. The van der Waals surface area contributed by atoms with E-state index in [0.717, 1.165) is 6.07 Å². The molecule has 0 unspecified atom stereocenters. The summed E-state index contributed by atoms with van der Waals surface area (Å²) in [5.74, 6) is -1.21. The molecule has 2 N–H and O–H groups in total. The number of halogens is 4. The normalized spacial score (nSPS) is 11.3. The van der Waals surface area contributed by atoms with Crippen molar-refractivity contribution in [1.82, 2.24) is 20.6 Å². The molecular formula is C22H14ClF3N4O2S. The minimum Gasteiger partial charge on any atom is -0.267 e. The summed E-state index contributed by atoms with van der Waals surface area (Å²) in [5, 5.41) is 5.70. The van der Waals surface area contributed by atoms with Crippen LogP contribution in [-0.2, 0) is 6.18 Å². The van der Waals surface area contributed by atoms with Crippen LogP contribution in [-0.4, -0.2) is 21.6 Å². The Bertz CT molecular complexity index is 1300. The first-order valence-electron chi connectivity index (χ1n) is 9.41. The summed E-state index contributed by atoms with van der Waals surface area (Å²) in [4.78, 5) is 25.1. The third-order valence-electron chi connectivity index (χ3n) is 4.56. The Morgan fingerprint density at radius 3 is 2.27 bits per heavy atom. The smallest absolute Gasteiger partial charge is 0.267 e. The number of amides is 2. The Kier molecular flexibility index (Phi) is 6.21. The Hall–Kier alpha value is -3.63. The van der Waals surface area contributed by atoms with Crippen LogP contribution in [0.25, 0.3) is 16.3 Å². The zero-order valence-corrected chi connectivity index (χ0v) is 18.1. The number of nitrogens with one attached hydrogen (secondary N) is 2. The molecule has 2 aromatic carbocycles. The van der Waals surface area contributed by atoms with Crippen molar-refractivity contribution >= 4 is 34.8 Å². The molecule has 0 atom stereocenters. The number of hydrazine groups is 1. The van der Waals surface area contributed by atoms with E-state index in [1.54, 1.807) is 35.7 Å². The fraction of sp³-hybridized carbons (Fsp3) is 0.0455. The monoisotopic (exact) mass is 490 g/mol. The quantitative estimate of drug-likeness (QED) is 0.379. The molecule has 0 saturated carbocycles. The van der Waals surface area contributed by atoms with E-state index in [2.05, 4.69) is 16.0 Å². The van der Waals surface area contributed by atoms with Gasteiger partial charge in [0.25, 0.3) is 11.8 Å². The van der Waals surface area contributed by atoms with Gasteiger partial charge in [-0.3, -0.25) is 20.4 Å². The number of carbonyl (C=O) groups is 2. The molecule has 168 valence electrons.